The minimum atomic E-state index is 0.0247. The van der Waals surface area contributed by atoms with E-state index in [-0.39, 0.29) is 24.1 Å². The number of likely N-dealkylation sites (tertiary alicyclic amines) is 1. The van der Waals surface area contributed by atoms with Gasteiger partial charge in [-0.1, -0.05) is 36.8 Å². The Morgan fingerprint density at radius 2 is 1.96 bits per heavy atom. The second-order valence-electron chi connectivity index (χ2n) is 7.86. The van der Waals surface area contributed by atoms with Gasteiger partial charge in [-0.2, -0.15) is 0 Å². The Morgan fingerprint density at radius 3 is 2.63 bits per heavy atom. The first-order valence-corrected chi connectivity index (χ1v) is 10.1. The van der Waals surface area contributed by atoms with Gasteiger partial charge in [-0.25, -0.2) is 9.59 Å². The minimum Gasteiger partial charge on any atom is -0.336 e. The van der Waals surface area contributed by atoms with Crippen LogP contribution >= 0.6 is 0 Å². The van der Waals surface area contributed by atoms with Crippen LogP contribution in [0.1, 0.15) is 44.2 Å². The number of benzene rings is 1. The van der Waals surface area contributed by atoms with Crippen molar-refractivity contribution in [1.29, 1.82) is 0 Å². The Hall–Kier alpha value is -2.24. The van der Waals surface area contributed by atoms with E-state index >= 15 is 0 Å². The lowest BCUT2D eigenvalue weighted by Crippen LogP contribution is -2.51. The number of aryl methyl sites for hydroxylation is 1. The minimum absolute atomic E-state index is 0.0247. The Morgan fingerprint density at radius 1 is 1.22 bits per heavy atom. The average Bonchev–Trinajstić information content (AvgIpc) is 3.02. The number of hydrogen-bond acceptors (Lipinski definition) is 2. The molecule has 2 heterocycles. The summed E-state index contributed by atoms with van der Waals surface area (Å²) >= 11 is 0. The highest BCUT2D eigenvalue weighted by Gasteiger charge is 2.36. The van der Waals surface area contributed by atoms with Gasteiger partial charge >= 0.3 is 12.1 Å². The summed E-state index contributed by atoms with van der Waals surface area (Å²) in [6.45, 7) is 9.84. The first kappa shape index (κ1) is 19.5. The first-order chi connectivity index (χ1) is 13.0. The number of nitrogens with zero attached hydrogens (tertiary/aromatic N) is 3. The second kappa shape index (κ2) is 8.63. The van der Waals surface area contributed by atoms with Gasteiger partial charge in [0.2, 0.25) is 0 Å². The highest BCUT2D eigenvalue weighted by Crippen LogP contribution is 2.23. The number of amides is 4. The Balaban J connectivity index is 1.50. The summed E-state index contributed by atoms with van der Waals surface area (Å²) in [5, 5.41) is 3.03. The summed E-state index contributed by atoms with van der Waals surface area (Å²) < 4.78 is 0. The molecule has 1 aromatic carbocycles. The molecule has 1 N–H and O–H groups in total. The van der Waals surface area contributed by atoms with Gasteiger partial charge in [0.15, 0.2) is 0 Å². The van der Waals surface area contributed by atoms with Gasteiger partial charge in [-0.15, -0.1) is 0 Å². The number of carbonyl (C=O) groups excluding carboxylic acids is 2. The van der Waals surface area contributed by atoms with Gasteiger partial charge in [0.25, 0.3) is 0 Å². The summed E-state index contributed by atoms with van der Waals surface area (Å²) in [6.07, 6.45) is 2.65. The number of hydrogen-bond donors (Lipinski definition) is 1. The van der Waals surface area contributed by atoms with Crippen LogP contribution in [0.25, 0.3) is 0 Å². The lowest BCUT2D eigenvalue weighted by Gasteiger charge is -2.36. The summed E-state index contributed by atoms with van der Waals surface area (Å²) in [6, 6.07) is 8.95. The van der Waals surface area contributed by atoms with E-state index in [9.17, 15) is 9.59 Å². The maximum atomic E-state index is 12.9. The maximum absolute atomic E-state index is 12.9. The molecule has 6 nitrogen and oxygen atoms in total. The molecular formula is C21H32N4O2. The van der Waals surface area contributed by atoms with Gasteiger partial charge in [0, 0.05) is 44.8 Å². The first-order valence-electron chi connectivity index (χ1n) is 10.1. The fourth-order valence-electron chi connectivity index (χ4n) is 3.90. The summed E-state index contributed by atoms with van der Waals surface area (Å²) in [5.74, 6) is 0. The number of carbonyl (C=O) groups is 2. The Labute approximate surface area is 162 Å². The molecule has 4 amide bonds. The van der Waals surface area contributed by atoms with Gasteiger partial charge in [-0.3, -0.25) is 0 Å². The van der Waals surface area contributed by atoms with Crippen molar-refractivity contribution >= 4 is 12.1 Å². The zero-order valence-electron chi connectivity index (χ0n) is 16.8. The van der Waals surface area contributed by atoms with Crippen molar-refractivity contribution in [1.82, 2.24) is 20.0 Å². The Kier molecular flexibility index (Phi) is 6.24. The SMILES string of the molecule is CCC(C)NC(=O)N1CCC(N2CCN(Cc3cccc(C)c3)C2=O)CC1. The summed E-state index contributed by atoms with van der Waals surface area (Å²) in [5.41, 5.74) is 2.40. The lowest BCUT2D eigenvalue weighted by atomic mass is 10.0. The third-order valence-corrected chi connectivity index (χ3v) is 5.76. The molecule has 1 atom stereocenters. The van der Waals surface area contributed by atoms with Gasteiger partial charge in [0.1, 0.15) is 0 Å². The van der Waals surface area contributed by atoms with Crippen molar-refractivity contribution in [3.8, 4) is 0 Å². The van der Waals surface area contributed by atoms with E-state index in [4.69, 9.17) is 0 Å². The van der Waals surface area contributed by atoms with Crippen molar-refractivity contribution in [2.45, 2.75) is 58.7 Å². The third kappa shape index (κ3) is 4.73. The van der Waals surface area contributed by atoms with Crippen LogP contribution < -0.4 is 5.32 Å². The van der Waals surface area contributed by atoms with Gasteiger partial charge < -0.3 is 20.0 Å². The molecule has 6 heteroatoms. The van der Waals surface area contributed by atoms with Crippen LogP contribution in [0, 0.1) is 6.92 Å². The standard InChI is InChI=1S/C21H32N4O2/c1-4-17(3)22-20(26)23-10-8-19(9-11-23)25-13-12-24(21(25)27)15-18-7-5-6-16(2)14-18/h5-7,14,17,19H,4,8-13,15H2,1-3H3,(H,22,26). The van der Waals surface area contributed by atoms with E-state index in [0.717, 1.165) is 32.4 Å². The Bertz CT molecular complexity index is 670. The zero-order valence-corrected chi connectivity index (χ0v) is 16.8. The monoisotopic (exact) mass is 372 g/mol. The molecule has 0 aliphatic carbocycles. The molecule has 2 aliphatic rings. The second-order valence-corrected chi connectivity index (χ2v) is 7.86. The average molecular weight is 373 g/mol. The molecule has 2 saturated heterocycles. The smallest absolute Gasteiger partial charge is 0.320 e. The van der Waals surface area contributed by atoms with E-state index < -0.39 is 0 Å². The molecule has 0 bridgehead atoms. The predicted molar refractivity (Wildman–Crippen MR) is 107 cm³/mol. The molecule has 1 aromatic rings. The zero-order chi connectivity index (χ0) is 19.4. The predicted octanol–water partition coefficient (Wildman–Crippen LogP) is 3.21. The molecule has 0 radical (unpaired) electrons. The highest BCUT2D eigenvalue weighted by atomic mass is 16.2. The quantitative estimate of drug-likeness (QED) is 0.863. The molecule has 1 unspecified atom stereocenters. The van der Waals surface area contributed by atoms with Crippen LogP contribution in [-0.4, -0.2) is 65.0 Å². The van der Waals surface area contributed by atoms with Crippen molar-refractivity contribution in [3.05, 3.63) is 35.4 Å². The molecule has 2 fully saturated rings. The number of nitrogens with one attached hydrogen (secondary N) is 1. The fraction of sp³-hybridized carbons (Fsp3) is 0.619. The van der Waals surface area contributed by atoms with E-state index in [2.05, 4.69) is 37.4 Å². The van der Waals surface area contributed by atoms with Crippen molar-refractivity contribution in [2.75, 3.05) is 26.2 Å². The number of piperidine rings is 1. The fourth-order valence-corrected chi connectivity index (χ4v) is 3.90. The largest absolute Gasteiger partial charge is 0.336 e. The summed E-state index contributed by atoms with van der Waals surface area (Å²) in [4.78, 5) is 31.0. The van der Waals surface area contributed by atoms with Crippen LogP contribution in [-0.2, 0) is 6.54 Å². The van der Waals surface area contributed by atoms with E-state index in [1.54, 1.807) is 0 Å². The van der Waals surface area contributed by atoms with Crippen LogP contribution in [0.4, 0.5) is 9.59 Å². The van der Waals surface area contributed by atoms with Crippen LogP contribution in [0.15, 0.2) is 24.3 Å². The van der Waals surface area contributed by atoms with E-state index in [1.165, 1.54) is 11.1 Å². The van der Waals surface area contributed by atoms with Gasteiger partial charge in [-0.05, 0) is 38.7 Å². The van der Waals surface area contributed by atoms with Crippen LogP contribution in [0.5, 0.6) is 0 Å². The molecule has 27 heavy (non-hydrogen) atoms. The van der Waals surface area contributed by atoms with E-state index in [1.807, 2.05) is 27.7 Å². The third-order valence-electron chi connectivity index (χ3n) is 5.76. The molecule has 3 rings (SSSR count). The number of urea groups is 2. The molecule has 0 saturated carbocycles. The van der Waals surface area contributed by atoms with Crippen molar-refractivity contribution < 1.29 is 9.59 Å². The maximum Gasteiger partial charge on any atom is 0.320 e. The van der Waals surface area contributed by atoms with Gasteiger partial charge in [0.05, 0.1) is 0 Å². The van der Waals surface area contributed by atoms with Crippen molar-refractivity contribution in [2.24, 2.45) is 0 Å². The lowest BCUT2D eigenvalue weighted by molar-refractivity contribution is 0.133. The molecule has 148 valence electrons. The number of rotatable bonds is 5. The highest BCUT2D eigenvalue weighted by molar-refractivity contribution is 5.77. The normalized spacial score (nSPS) is 19.5. The van der Waals surface area contributed by atoms with Crippen LogP contribution in [0.2, 0.25) is 0 Å². The van der Waals surface area contributed by atoms with Crippen molar-refractivity contribution in [3.63, 3.8) is 0 Å². The van der Waals surface area contributed by atoms with E-state index in [0.29, 0.717) is 19.6 Å². The molecular weight excluding hydrogens is 340 g/mol. The summed E-state index contributed by atoms with van der Waals surface area (Å²) in [7, 11) is 0. The molecule has 2 aliphatic heterocycles. The molecule has 0 spiro atoms. The van der Waals surface area contributed by atoms with Crippen LogP contribution in [0.3, 0.4) is 0 Å². The topological polar surface area (TPSA) is 55.9 Å². The molecule has 0 aromatic heterocycles.